The molecule has 0 saturated carbocycles. The molecule has 6 N–H and O–H groups in total. The molecule has 1 fully saturated rings. The van der Waals surface area contributed by atoms with Crippen molar-refractivity contribution in [3.05, 3.63) is 117 Å². The van der Waals surface area contributed by atoms with Crippen molar-refractivity contribution in [2.75, 3.05) is 49.5 Å². The lowest BCUT2D eigenvalue weighted by Gasteiger charge is -2.36. The number of piperazine rings is 1. The number of aliphatic hydroxyl groups excluding tert-OH is 1. The van der Waals surface area contributed by atoms with Crippen molar-refractivity contribution >= 4 is 46.4 Å². The van der Waals surface area contributed by atoms with Gasteiger partial charge in [-0.05, 0) is 85.6 Å². The lowest BCUT2D eigenvalue weighted by molar-refractivity contribution is -0.139. The predicted octanol–water partition coefficient (Wildman–Crippen LogP) is 3.56. The van der Waals surface area contributed by atoms with Crippen LogP contribution >= 0.6 is 0 Å². The number of carbonyl (C=O) groups excluding carboxylic acids is 4. The summed E-state index contributed by atoms with van der Waals surface area (Å²) in [5, 5.41) is 31.2. The van der Waals surface area contributed by atoms with Gasteiger partial charge in [-0.2, -0.15) is 22.7 Å². The van der Waals surface area contributed by atoms with Crippen LogP contribution in [0.3, 0.4) is 0 Å². The third-order valence-electron chi connectivity index (χ3n) is 12.3. The second-order valence-electron chi connectivity index (χ2n) is 17.7. The number of nitrogens with zero attached hydrogens (tertiary/aromatic N) is 8. The van der Waals surface area contributed by atoms with E-state index in [-0.39, 0.29) is 110 Å². The number of fused-ring (bicyclic) bond motifs is 1. The number of benzene rings is 2. The second-order valence-corrected chi connectivity index (χ2v) is 17.7. The molecule has 7 rings (SSSR count). The third-order valence-corrected chi connectivity index (χ3v) is 12.3. The van der Waals surface area contributed by atoms with E-state index in [2.05, 4.69) is 20.7 Å². The van der Waals surface area contributed by atoms with E-state index in [1.165, 1.54) is 36.2 Å². The van der Waals surface area contributed by atoms with Gasteiger partial charge in [0.05, 0.1) is 11.3 Å². The first-order valence-electron chi connectivity index (χ1n) is 22.8. The highest BCUT2D eigenvalue weighted by Gasteiger charge is 2.35. The fourth-order valence-corrected chi connectivity index (χ4v) is 8.66. The number of aromatic nitrogens is 5. The third kappa shape index (κ3) is 11.3. The van der Waals surface area contributed by atoms with Crippen molar-refractivity contribution in [2.45, 2.75) is 84.3 Å². The van der Waals surface area contributed by atoms with Crippen LogP contribution in [0, 0.1) is 12.8 Å². The number of halogens is 3. The Bertz CT molecular complexity index is 2800. The Morgan fingerprint density at radius 3 is 2.30 bits per heavy atom. The number of carbonyl (C=O) groups is 4. The van der Waals surface area contributed by atoms with Crippen molar-refractivity contribution in [3.8, 4) is 5.75 Å². The summed E-state index contributed by atoms with van der Waals surface area (Å²) in [5.74, 6) is -2.27. The summed E-state index contributed by atoms with van der Waals surface area (Å²) in [6.07, 6.45) is -1.95. The van der Waals surface area contributed by atoms with Crippen molar-refractivity contribution in [1.82, 2.24) is 39.3 Å². The Kier molecular flexibility index (Phi) is 15.2. The number of anilines is 2. The summed E-state index contributed by atoms with van der Waals surface area (Å²) in [5.41, 5.74) is 7.15. The number of pyridine rings is 1. The van der Waals surface area contributed by atoms with Crippen molar-refractivity contribution < 1.29 is 42.6 Å². The molecule has 18 nitrogen and oxygen atoms in total. The normalized spacial score (nSPS) is 15.7. The number of hydrogen-bond donors (Lipinski definition) is 5. The molecule has 0 radical (unpaired) electrons. The number of alkyl halides is 3. The van der Waals surface area contributed by atoms with Crippen molar-refractivity contribution in [1.29, 1.82) is 0 Å². The van der Waals surface area contributed by atoms with Gasteiger partial charge in [0.1, 0.15) is 30.1 Å². The highest BCUT2D eigenvalue weighted by atomic mass is 19.4. The van der Waals surface area contributed by atoms with Gasteiger partial charge >= 0.3 is 6.18 Å². The molecule has 2 aliphatic heterocycles. The number of nitrogens with one attached hydrogen (secondary N) is 2. The standard InChI is InChI=1S/C48H56F3N11O7/c1-5-36-40(58-20-22-60(23-21-58)45(68)39-37(63)12-9-17-53-39)46(69)62-47(61(36)27-38(64)54-34-14-13-32(25-29(34)4)48(49,50)51)56-42(57-62)31-15-18-59(19-16-31)44(67)35(24-28(2)3)55-43(66)41(65)33(52)26-30-10-7-6-8-11-30/h6-15,17,25,28,33,35,41,63,65H,5,16,18-24,26-27,52H2,1-4H3,(H,54,64)(H,55,66)/t33-,35?,41+/m1/s1. The fourth-order valence-electron chi connectivity index (χ4n) is 8.66. The summed E-state index contributed by atoms with van der Waals surface area (Å²) in [6.45, 7) is 7.68. The van der Waals surface area contributed by atoms with E-state index in [4.69, 9.17) is 10.7 Å². The molecule has 69 heavy (non-hydrogen) atoms. The molecule has 0 aliphatic carbocycles. The molecule has 2 aliphatic rings. The topological polar surface area (TPSA) is 234 Å². The monoisotopic (exact) mass is 955 g/mol. The zero-order valence-corrected chi connectivity index (χ0v) is 38.7. The molecular formula is C48H56F3N11O7. The molecule has 366 valence electrons. The number of aliphatic hydroxyl groups is 1. The quantitative estimate of drug-likeness (QED) is 0.101. The lowest BCUT2D eigenvalue weighted by Crippen LogP contribution is -2.55. The minimum atomic E-state index is -4.58. The first kappa shape index (κ1) is 49.8. The summed E-state index contributed by atoms with van der Waals surface area (Å²) in [4.78, 5) is 82.7. The second kappa shape index (κ2) is 21.0. The van der Waals surface area contributed by atoms with E-state index in [0.29, 0.717) is 17.7 Å². The Balaban J connectivity index is 1.15. The Hall–Kier alpha value is -7.13. The van der Waals surface area contributed by atoms with Gasteiger partial charge in [0, 0.05) is 57.2 Å². The molecule has 1 unspecified atom stereocenters. The molecule has 5 aromatic rings. The average molecular weight is 956 g/mol. The molecule has 1 saturated heterocycles. The van der Waals surface area contributed by atoms with Crippen LogP contribution in [-0.4, -0.2) is 125 Å². The maximum atomic E-state index is 14.6. The van der Waals surface area contributed by atoms with Crippen LogP contribution in [0.2, 0.25) is 0 Å². The van der Waals surface area contributed by atoms with Crippen LogP contribution in [0.1, 0.15) is 72.3 Å². The van der Waals surface area contributed by atoms with Gasteiger partial charge in [-0.3, -0.25) is 24.0 Å². The fraction of sp³-hybridized carbons (Fsp3) is 0.417. The Morgan fingerprint density at radius 1 is 0.957 bits per heavy atom. The highest BCUT2D eigenvalue weighted by Crippen LogP contribution is 2.32. The van der Waals surface area contributed by atoms with E-state index in [9.17, 15) is 47.4 Å². The number of rotatable bonds is 15. The van der Waals surface area contributed by atoms with Crippen LogP contribution in [0.15, 0.2) is 77.7 Å². The molecule has 2 aromatic carbocycles. The van der Waals surface area contributed by atoms with E-state index >= 15 is 0 Å². The minimum Gasteiger partial charge on any atom is -0.505 e. The molecule has 3 atom stereocenters. The molecular weight excluding hydrogens is 900 g/mol. The maximum absolute atomic E-state index is 14.6. The molecule has 0 bridgehead atoms. The zero-order chi connectivity index (χ0) is 49.7. The van der Waals surface area contributed by atoms with Gasteiger partial charge in [0.25, 0.3) is 17.4 Å². The number of nitrogens with two attached hydrogens (primary N) is 1. The maximum Gasteiger partial charge on any atom is 0.416 e. The van der Waals surface area contributed by atoms with Crippen molar-refractivity contribution in [3.63, 3.8) is 0 Å². The largest absolute Gasteiger partial charge is 0.505 e. The van der Waals surface area contributed by atoms with E-state index in [0.717, 1.165) is 22.2 Å². The number of aryl methyl sites for hydroxylation is 1. The van der Waals surface area contributed by atoms with Crippen LogP contribution in [0.4, 0.5) is 24.5 Å². The molecule has 4 amide bonds. The predicted molar refractivity (Wildman–Crippen MR) is 250 cm³/mol. The number of aromatic hydroxyl groups is 1. The van der Waals surface area contributed by atoms with Gasteiger partial charge in [-0.15, -0.1) is 5.10 Å². The smallest absolute Gasteiger partial charge is 0.416 e. The van der Waals surface area contributed by atoms with Crippen LogP contribution in [0.25, 0.3) is 11.4 Å². The van der Waals surface area contributed by atoms with Gasteiger partial charge in [0.2, 0.25) is 17.6 Å². The Labute approximate surface area is 395 Å². The van der Waals surface area contributed by atoms with Crippen LogP contribution < -0.4 is 26.8 Å². The van der Waals surface area contributed by atoms with Gasteiger partial charge < -0.3 is 45.8 Å². The summed E-state index contributed by atoms with van der Waals surface area (Å²) in [6, 6.07) is 13.2. The van der Waals surface area contributed by atoms with Gasteiger partial charge in [-0.1, -0.05) is 57.2 Å². The van der Waals surface area contributed by atoms with Crippen LogP contribution in [0.5, 0.6) is 5.75 Å². The summed E-state index contributed by atoms with van der Waals surface area (Å²) < 4.78 is 43.0. The Morgan fingerprint density at radius 2 is 1.68 bits per heavy atom. The molecule has 5 heterocycles. The number of hydrogen-bond acceptors (Lipinski definition) is 12. The van der Waals surface area contributed by atoms with Gasteiger partial charge in [0.15, 0.2) is 11.5 Å². The van der Waals surface area contributed by atoms with Crippen LogP contribution in [-0.2, 0) is 39.9 Å². The van der Waals surface area contributed by atoms with E-state index in [1.54, 1.807) is 27.4 Å². The lowest BCUT2D eigenvalue weighted by atomic mass is 9.99. The average Bonchev–Trinajstić information content (AvgIpc) is 3.78. The zero-order valence-electron chi connectivity index (χ0n) is 38.7. The molecule has 3 aromatic heterocycles. The summed E-state index contributed by atoms with van der Waals surface area (Å²) >= 11 is 0. The SMILES string of the molecule is CCc1c(N2CCN(C(=O)c3ncccc3O)CC2)c(=O)n2nc(C3=CCN(C(=O)C(CC(C)C)NC(=O)[C@@H](O)[C@H](N)Cc4ccccc4)CC3)nc2n1CC(=O)Nc1ccc(C(F)(F)F)cc1C. The van der Waals surface area contributed by atoms with E-state index < -0.39 is 59.8 Å². The number of amides is 4. The highest BCUT2D eigenvalue weighted by molar-refractivity contribution is 5.95. The molecule has 21 heteroatoms. The van der Waals surface area contributed by atoms with Crippen molar-refractivity contribution in [2.24, 2.45) is 11.7 Å². The first-order valence-corrected chi connectivity index (χ1v) is 22.8. The van der Waals surface area contributed by atoms with E-state index in [1.807, 2.05) is 44.2 Å². The molecule has 0 spiro atoms. The minimum absolute atomic E-state index is 0.00630. The van der Waals surface area contributed by atoms with Gasteiger partial charge in [-0.25, -0.2) is 4.98 Å². The summed E-state index contributed by atoms with van der Waals surface area (Å²) in [7, 11) is 0. The first-order chi connectivity index (χ1) is 32.8.